The Labute approximate surface area is 183 Å². The third-order valence-corrected chi connectivity index (χ3v) is 5.46. The van der Waals surface area contributed by atoms with Crippen LogP contribution in [0.2, 0.25) is 0 Å². The lowest BCUT2D eigenvalue weighted by molar-refractivity contribution is 0.178. The highest BCUT2D eigenvalue weighted by Gasteiger charge is 2.18. The van der Waals surface area contributed by atoms with Crippen molar-refractivity contribution in [1.82, 2.24) is 4.90 Å². The van der Waals surface area contributed by atoms with Crippen molar-refractivity contribution in [2.24, 2.45) is 0 Å². The Hall–Kier alpha value is -2.86. The van der Waals surface area contributed by atoms with Crippen LogP contribution >= 0.6 is 0 Å². The van der Waals surface area contributed by atoms with E-state index in [0.29, 0.717) is 19.6 Å². The van der Waals surface area contributed by atoms with E-state index >= 15 is 0 Å². The van der Waals surface area contributed by atoms with Gasteiger partial charge in [-0.3, -0.25) is 4.90 Å². The van der Waals surface area contributed by atoms with Crippen LogP contribution in [0.25, 0.3) is 0 Å². The highest BCUT2D eigenvalue weighted by atomic mass is 16.5. The minimum atomic E-state index is -0.551. The van der Waals surface area contributed by atoms with Gasteiger partial charge in [0, 0.05) is 31.6 Å². The number of aliphatic hydroxyl groups is 2. The molecule has 0 saturated carbocycles. The van der Waals surface area contributed by atoms with Gasteiger partial charge < -0.3 is 19.7 Å². The normalized spacial score (nSPS) is 14.9. The zero-order chi connectivity index (χ0) is 21.5. The SMILES string of the molecule is OCCOc1cccc(CN2CCOc3ccc([C@@H](O)Cc4ccccc4)cc3C2)c1. The number of ether oxygens (including phenoxy) is 2. The first-order valence-electron chi connectivity index (χ1n) is 10.7. The molecular weight excluding hydrogens is 390 g/mol. The molecule has 0 radical (unpaired) electrons. The van der Waals surface area contributed by atoms with Gasteiger partial charge in [-0.2, -0.15) is 0 Å². The molecule has 5 nitrogen and oxygen atoms in total. The molecule has 0 aliphatic carbocycles. The number of fused-ring (bicyclic) bond motifs is 1. The summed E-state index contributed by atoms with van der Waals surface area (Å²) in [6.07, 6.45) is 0.0370. The fourth-order valence-corrected chi connectivity index (χ4v) is 3.92. The molecule has 2 N–H and O–H groups in total. The Bertz CT molecular complexity index is 976. The molecule has 3 aromatic rings. The van der Waals surface area contributed by atoms with Gasteiger partial charge in [-0.1, -0.05) is 48.5 Å². The molecule has 0 spiro atoms. The van der Waals surface area contributed by atoms with E-state index in [1.165, 1.54) is 0 Å². The van der Waals surface area contributed by atoms with Crippen LogP contribution < -0.4 is 9.47 Å². The van der Waals surface area contributed by atoms with Gasteiger partial charge in [0.25, 0.3) is 0 Å². The zero-order valence-electron chi connectivity index (χ0n) is 17.6. The zero-order valence-corrected chi connectivity index (χ0v) is 17.6. The number of aliphatic hydroxyl groups excluding tert-OH is 2. The third-order valence-electron chi connectivity index (χ3n) is 5.46. The highest BCUT2D eigenvalue weighted by molar-refractivity contribution is 5.39. The molecule has 0 amide bonds. The molecule has 5 heteroatoms. The molecule has 1 heterocycles. The number of hydrogen-bond donors (Lipinski definition) is 2. The minimum Gasteiger partial charge on any atom is -0.492 e. The molecule has 0 unspecified atom stereocenters. The summed E-state index contributed by atoms with van der Waals surface area (Å²) in [5, 5.41) is 19.7. The van der Waals surface area contributed by atoms with Crippen LogP contribution in [0.1, 0.15) is 28.4 Å². The quantitative estimate of drug-likeness (QED) is 0.583. The van der Waals surface area contributed by atoms with Gasteiger partial charge in [0.05, 0.1) is 12.7 Å². The van der Waals surface area contributed by atoms with Gasteiger partial charge in [-0.05, 0) is 41.0 Å². The molecule has 0 bridgehead atoms. The molecule has 3 aromatic carbocycles. The largest absolute Gasteiger partial charge is 0.492 e. The van der Waals surface area contributed by atoms with Crippen molar-refractivity contribution in [3.8, 4) is 11.5 Å². The first-order valence-corrected chi connectivity index (χ1v) is 10.7. The average molecular weight is 420 g/mol. The summed E-state index contributed by atoms with van der Waals surface area (Å²) in [5.41, 5.74) is 4.27. The fourth-order valence-electron chi connectivity index (χ4n) is 3.92. The van der Waals surface area contributed by atoms with Crippen molar-refractivity contribution >= 4 is 0 Å². The van der Waals surface area contributed by atoms with Gasteiger partial charge in [0.15, 0.2) is 0 Å². The van der Waals surface area contributed by atoms with Crippen LogP contribution in [0.4, 0.5) is 0 Å². The van der Waals surface area contributed by atoms with Gasteiger partial charge in [0.1, 0.15) is 24.7 Å². The summed E-state index contributed by atoms with van der Waals surface area (Å²) in [5.74, 6) is 1.66. The van der Waals surface area contributed by atoms with Gasteiger partial charge in [-0.15, -0.1) is 0 Å². The lowest BCUT2D eigenvalue weighted by atomic mass is 9.99. The number of nitrogens with zero attached hydrogens (tertiary/aromatic N) is 1. The predicted octanol–water partition coefficient (Wildman–Crippen LogP) is 3.73. The first-order chi connectivity index (χ1) is 15.2. The Kier molecular flexibility index (Phi) is 7.20. The van der Waals surface area contributed by atoms with Crippen molar-refractivity contribution in [3.63, 3.8) is 0 Å². The molecule has 0 aromatic heterocycles. The number of benzene rings is 3. The molecular formula is C26H29NO4. The number of rotatable bonds is 8. The van der Waals surface area contributed by atoms with Crippen LogP contribution in [0, 0.1) is 0 Å². The van der Waals surface area contributed by atoms with Crippen molar-refractivity contribution in [2.45, 2.75) is 25.6 Å². The first kappa shape index (κ1) is 21.4. The maximum absolute atomic E-state index is 10.8. The summed E-state index contributed by atoms with van der Waals surface area (Å²) in [6.45, 7) is 3.27. The van der Waals surface area contributed by atoms with E-state index in [4.69, 9.17) is 14.6 Å². The topological polar surface area (TPSA) is 62.2 Å². The van der Waals surface area contributed by atoms with Crippen molar-refractivity contribution < 1.29 is 19.7 Å². The van der Waals surface area contributed by atoms with Gasteiger partial charge in [0.2, 0.25) is 0 Å². The van der Waals surface area contributed by atoms with E-state index < -0.39 is 6.10 Å². The van der Waals surface area contributed by atoms with Crippen LogP contribution in [-0.2, 0) is 19.5 Å². The molecule has 0 fully saturated rings. The van der Waals surface area contributed by atoms with Crippen molar-refractivity contribution in [3.05, 3.63) is 95.1 Å². The van der Waals surface area contributed by atoms with E-state index in [2.05, 4.69) is 17.0 Å². The van der Waals surface area contributed by atoms with Gasteiger partial charge >= 0.3 is 0 Å². The highest BCUT2D eigenvalue weighted by Crippen LogP contribution is 2.29. The van der Waals surface area contributed by atoms with Crippen LogP contribution in [0.3, 0.4) is 0 Å². The van der Waals surface area contributed by atoms with E-state index in [9.17, 15) is 5.11 Å². The Balaban J connectivity index is 1.46. The molecule has 1 aliphatic heterocycles. The summed E-state index contributed by atoms with van der Waals surface area (Å²) < 4.78 is 11.5. The summed E-state index contributed by atoms with van der Waals surface area (Å²) in [4.78, 5) is 2.34. The molecule has 1 atom stereocenters. The Morgan fingerprint density at radius 3 is 2.65 bits per heavy atom. The predicted molar refractivity (Wildman–Crippen MR) is 120 cm³/mol. The molecule has 1 aliphatic rings. The Morgan fingerprint density at radius 1 is 0.968 bits per heavy atom. The smallest absolute Gasteiger partial charge is 0.123 e. The monoisotopic (exact) mass is 419 g/mol. The number of hydrogen-bond acceptors (Lipinski definition) is 5. The summed E-state index contributed by atoms with van der Waals surface area (Å²) in [6, 6.07) is 24.0. The summed E-state index contributed by atoms with van der Waals surface area (Å²) in [7, 11) is 0. The fraction of sp³-hybridized carbons (Fsp3) is 0.308. The van der Waals surface area contributed by atoms with Crippen LogP contribution in [0.15, 0.2) is 72.8 Å². The van der Waals surface area contributed by atoms with E-state index in [-0.39, 0.29) is 6.61 Å². The van der Waals surface area contributed by atoms with E-state index in [1.54, 1.807) is 0 Å². The standard InChI is InChI=1S/C26H29NO4/c28-12-14-30-24-8-4-7-21(15-24)18-27-11-13-31-26-10-9-22(17-23(26)19-27)25(29)16-20-5-2-1-3-6-20/h1-10,15,17,25,28-29H,11-14,16,18-19H2/t25-/m0/s1. The third kappa shape index (κ3) is 5.85. The second kappa shape index (κ2) is 10.4. The Morgan fingerprint density at radius 2 is 1.81 bits per heavy atom. The maximum atomic E-state index is 10.8. The molecule has 31 heavy (non-hydrogen) atoms. The molecule has 162 valence electrons. The molecule has 0 saturated heterocycles. The minimum absolute atomic E-state index is 0.00291. The van der Waals surface area contributed by atoms with Crippen molar-refractivity contribution in [2.75, 3.05) is 26.4 Å². The van der Waals surface area contributed by atoms with Crippen LogP contribution in [-0.4, -0.2) is 41.5 Å². The second-order valence-electron chi connectivity index (χ2n) is 7.85. The lowest BCUT2D eigenvalue weighted by Gasteiger charge is -2.20. The second-order valence-corrected chi connectivity index (χ2v) is 7.85. The summed E-state index contributed by atoms with van der Waals surface area (Å²) >= 11 is 0. The van der Waals surface area contributed by atoms with Crippen LogP contribution in [0.5, 0.6) is 11.5 Å². The van der Waals surface area contributed by atoms with Crippen molar-refractivity contribution in [1.29, 1.82) is 0 Å². The van der Waals surface area contributed by atoms with E-state index in [1.807, 2.05) is 60.7 Å². The lowest BCUT2D eigenvalue weighted by Crippen LogP contribution is -2.25. The average Bonchev–Trinajstić information content (AvgIpc) is 2.99. The van der Waals surface area contributed by atoms with E-state index in [0.717, 1.165) is 53.4 Å². The molecule has 4 rings (SSSR count). The maximum Gasteiger partial charge on any atom is 0.123 e. The van der Waals surface area contributed by atoms with Gasteiger partial charge in [-0.25, -0.2) is 0 Å².